The molecule has 3 N–H and O–H groups in total. The number of aromatic nitrogens is 2. The van der Waals surface area contributed by atoms with Gasteiger partial charge in [0.15, 0.2) is 0 Å². The molecule has 2 atom stereocenters. The average Bonchev–Trinajstić information content (AvgIpc) is 3.21. The lowest BCUT2D eigenvalue weighted by Crippen LogP contribution is -2.34. The molecule has 1 aromatic heterocycles. The summed E-state index contributed by atoms with van der Waals surface area (Å²) in [7, 11) is 0. The van der Waals surface area contributed by atoms with E-state index in [4.69, 9.17) is 5.11 Å². The van der Waals surface area contributed by atoms with Gasteiger partial charge in [-0.05, 0) is 38.3 Å². The highest BCUT2D eigenvalue weighted by molar-refractivity contribution is 5.94. The van der Waals surface area contributed by atoms with Gasteiger partial charge in [0, 0.05) is 17.3 Å². The summed E-state index contributed by atoms with van der Waals surface area (Å²) in [5.74, 6) is -1.66. The van der Waals surface area contributed by atoms with Crippen LogP contribution in [-0.4, -0.2) is 33.0 Å². The standard InChI is InChI=1S/C18H18F3N3O3/c1-9-14(16(25)23-13-6-5-11(8-13)17(26)27)24-15(22-9)10-3-2-4-12(7-10)18(19,20)21/h2-4,7,11,13H,5-6,8H2,1H3,(H,22,24)(H,23,25)(H,26,27)/t11-,13+/m0/s1. The minimum Gasteiger partial charge on any atom is -0.481 e. The number of carbonyl (C=O) groups excluding carboxylic acids is 1. The number of aromatic amines is 1. The van der Waals surface area contributed by atoms with Gasteiger partial charge < -0.3 is 15.4 Å². The monoisotopic (exact) mass is 381 g/mol. The van der Waals surface area contributed by atoms with Gasteiger partial charge in [-0.2, -0.15) is 13.2 Å². The Bertz CT molecular complexity index is 876. The Labute approximate surface area is 152 Å². The number of carbonyl (C=O) groups is 2. The maximum Gasteiger partial charge on any atom is 0.416 e. The van der Waals surface area contributed by atoms with E-state index < -0.39 is 29.5 Å². The van der Waals surface area contributed by atoms with Gasteiger partial charge in [-0.25, -0.2) is 4.98 Å². The first kappa shape index (κ1) is 18.9. The molecule has 1 aromatic carbocycles. The number of nitrogens with zero attached hydrogens (tertiary/aromatic N) is 1. The van der Waals surface area contributed by atoms with Crippen molar-refractivity contribution in [3.8, 4) is 11.4 Å². The highest BCUT2D eigenvalue weighted by Gasteiger charge is 2.32. The third-order valence-corrected chi connectivity index (χ3v) is 4.68. The first-order chi connectivity index (χ1) is 12.6. The fraction of sp³-hybridized carbons (Fsp3) is 0.389. The van der Waals surface area contributed by atoms with Crippen molar-refractivity contribution in [2.45, 2.75) is 38.4 Å². The van der Waals surface area contributed by atoms with E-state index in [1.807, 2.05) is 0 Å². The van der Waals surface area contributed by atoms with Gasteiger partial charge in [0.05, 0.1) is 11.5 Å². The molecule has 2 aromatic rings. The molecular weight excluding hydrogens is 363 g/mol. The molecule has 3 rings (SSSR count). The lowest BCUT2D eigenvalue weighted by atomic mass is 10.1. The van der Waals surface area contributed by atoms with Gasteiger partial charge in [-0.3, -0.25) is 9.59 Å². The lowest BCUT2D eigenvalue weighted by Gasteiger charge is -2.11. The van der Waals surface area contributed by atoms with Gasteiger partial charge in [0.2, 0.25) is 0 Å². The normalized spacial score (nSPS) is 19.9. The molecule has 1 amide bonds. The number of amides is 1. The van der Waals surface area contributed by atoms with Crippen LogP contribution >= 0.6 is 0 Å². The number of rotatable bonds is 4. The molecule has 6 nitrogen and oxygen atoms in total. The predicted octanol–water partition coefficient (Wildman–Crippen LogP) is 3.39. The third kappa shape index (κ3) is 4.12. The molecule has 1 saturated carbocycles. The molecule has 27 heavy (non-hydrogen) atoms. The van der Waals surface area contributed by atoms with E-state index in [2.05, 4.69) is 15.3 Å². The number of halogens is 3. The number of carboxylic acids is 1. The van der Waals surface area contributed by atoms with E-state index in [-0.39, 0.29) is 23.1 Å². The van der Waals surface area contributed by atoms with Crippen LogP contribution < -0.4 is 5.32 Å². The molecule has 1 fully saturated rings. The van der Waals surface area contributed by atoms with Crippen molar-refractivity contribution in [3.63, 3.8) is 0 Å². The summed E-state index contributed by atoms with van der Waals surface area (Å²) in [6.07, 6.45) is -3.06. The smallest absolute Gasteiger partial charge is 0.416 e. The summed E-state index contributed by atoms with van der Waals surface area (Å²) in [4.78, 5) is 30.4. The van der Waals surface area contributed by atoms with Gasteiger partial charge in [0.1, 0.15) is 11.5 Å². The zero-order valence-corrected chi connectivity index (χ0v) is 14.4. The fourth-order valence-electron chi connectivity index (χ4n) is 3.25. The molecule has 0 saturated heterocycles. The second kappa shape index (κ2) is 7.05. The second-order valence-electron chi connectivity index (χ2n) is 6.66. The molecular formula is C18H18F3N3O3. The quantitative estimate of drug-likeness (QED) is 0.757. The number of carboxylic acid groups (broad SMARTS) is 1. The predicted molar refractivity (Wildman–Crippen MR) is 90.0 cm³/mol. The molecule has 9 heteroatoms. The summed E-state index contributed by atoms with van der Waals surface area (Å²) in [5.41, 5.74) is -0.0709. The first-order valence-electron chi connectivity index (χ1n) is 8.43. The van der Waals surface area contributed by atoms with Crippen molar-refractivity contribution in [1.29, 1.82) is 0 Å². The van der Waals surface area contributed by atoms with Crippen LogP contribution in [0.4, 0.5) is 13.2 Å². The number of hydrogen-bond acceptors (Lipinski definition) is 3. The van der Waals surface area contributed by atoms with Crippen molar-refractivity contribution in [3.05, 3.63) is 41.2 Å². The van der Waals surface area contributed by atoms with E-state index in [0.29, 0.717) is 25.0 Å². The number of alkyl halides is 3. The summed E-state index contributed by atoms with van der Waals surface area (Å²) in [6, 6.07) is 4.43. The number of imidazole rings is 1. The van der Waals surface area contributed by atoms with E-state index in [1.165, 1.54) is 12.1 Å². The van der Waals surface area contributed by atoms with Crippen LogP contribution in [0, 0.1) is 12.8 Å². The zero-order valence-electron chi connectivity index (χ0n) is 14.4. The van der Waals surface area contributed by atoms with Gasteiger partial charge in [-0.15, -0.1) is 0 Å². The minimum absolute atomic E-state index is 0.0844. The fourth-order valence-corrected chi connectivity index (χ4v) is 3.25. The number of H-pyrrole nitrogens is 1. The van der Waals surface area contributed by atoms with Crippen LogP contribution in [0.2, 0.25) is 0 Å². The lowest BCUT2D eigenvalue weighted by molar-refractivity contribution is -0.141. The number of aryl methyl sites for hydroxylation is 1. The Hall–Kier alpha value is -2.84. The van der Waals surface area contributed by atoms with Gasteiger partial charge >= 0.3 is 12.1 Å². The highest BCUT2D eigenvalue weighted by atomic mass is 19.4. The second-order valence-corrected chi connectivity index (χ2v) is 6.66. The van der Waals surface area contributed by atoms with E-state index >= 15 is 0 Å². The van der Waals surface area contributed by atoms with Crippen LogP contribution in [0.3, 0.4) is 0 Å². The van der Waals surface area contributed by atoms with Crippen LogP contribution in [0.5, 0.6) is 0 Å². The van der Waals surface area contributed by atoms with Crippen molar-refractivity contribution in [2.75, 3.05) is 0 Å². The number of nitrogens with one attached hydrogen (secondary N) is 2. The molecule has 0 spiro atoms. The molecule has 0 aliphatic heterocycles. The maximum atomic E-state index is 12.9. The molecule has 1 heterocycles. The Morgan fingerprint density at radius 1 is 1.30 bits per heavy atom. The number of benzene rings is 1. The molecule has 0 unspecified atom stereocenters. The van der Waals surface area contributed by atoms with Crippen LogP contribution in [0.25, 0.3) is 11.4 Å². The molecule has 0 bridgehead atoms. The Balaban J connectivity index is 1.77. The maximum absolute atomic E-state index is 12.9. The van der Waals surface area contributed by atoms with Crippen molar-refractivity contribution >= 4 is 11.9 Å². The first-order valence-corrected chi connectivity index (χ1v) is 8.43. The summed E-state index contributed by atoms with van der Waals surface area (Å²) >= 11 is 0. The molecule has 0 radical (unpaired) electrons. The molecule has 1 aliphatic carbocycles. The Morgan fingerprint density at radius 2 is 2.04 bits per heavy atom. The molecule has 144 valence electrons. The Morgan fingerprint density at radius 3 is 2.67 bits per heavy atom. The third-order valence-electron chi connectivity index (χ3n) is 4.68. The van der Waals surface area contributed by atoms with Crippen molar-refractivity contribution < 1.29 is 27.9 Å². The van der Waals surface area contributed by atoms with E-state index in [9.17, 15) is 22.8 Å². The number of hydrogen-bond donors (Lipinski definition) is 3. The highest BCUT2D eigenvalue weighted by Crippen LogP contribution is 2.32. The summed E-state index contributed by atoms with van der Waals surface area (Å²) in [6.45, 7) is 1.60. The van der Waals surface area contributed by atoms with Crippen LogP contribution in [0.1, 0.15) is 41.0 Å². The van der Waals surface area contributed by atoms with E-state index in [1.54, 1.807) is 6.92 Å². The van der Waals surface area contributed by atoms with Crippen LogP contribution in [-0.2, 0) is 11.0 Å². The summed E-state index contributed by atoms with van der Waals surface area (Å²) in [5, 5.41) is 11.8. The van der Waals surface area contributed by atoms with Crippen molar-refractivity contribution in [1.82, 2.24) is 15.3 Å². The van der Waals surface area contributed by atoms with Gasteiger partial charge in [0.25, 0.3) is 5.91 Å². The Kier molecular flexibility index (Phi) is 4.95. The molecule has 1 aliphatic rings. The average molecular weight is 381 g/mol. The van der Waals surface area contributed by atoms with Crippen molar-refractivity contribution in [2.24, 2.45) is 5.92 Å². The van der Waals surface area contributed by atoms with Crippen LogP contribution in [0.15, 0.2) is 24.3 Å². The largest absolute Gasteiger partial charge is 0.481 e. The minimum atomic E-state index is -4.47. The number of aliphatic carboxylic acids is 1. The SMILES string of the molecule is Cc1[nH]c(-c2cccc(C(F)(F)F)c2)nc1C(=O)N[C@@H]1CC[C@H](C(=O)O)C1. The van der Waals surface area contributed by atoms with E-state index in [0.717, 1.165) is 12.1 Å². The summed E-state index contributed by atoms with van der Waals surface area (Å²) < 4.78 is 38.6. The van der Waals surface area contributed by atoms with Gasteiger partial charge in [-0.1, -0.05) is 12.1 Å². The zero-order chi connectivity index (χ0) is 19.8. The topological polar surface area (TPSA) is 95.1 Å².